The number of hydrogen-bond donors (Lipinski definition) is 1. The van der Waals surface area contributed by atoms with E-state index in [0.29, 0.717) is 25.9 Å². The average Bonchev–Trinajstić information content (AvgIpc) is 2.63. The van der Waals surface area contributed by atoms with Gasteiger partial charge in [0.05, 0.1) is 0 Å². The number of para-hydroxylation sites is 1. The number of aryl methyl sites for hydroxylation is 3. The van der Waals surface area contributed by atoms with Crippen LogP contribution in [0.1, 0.15) is 29.5 Å². The fourth-order valence-corrected chi connectivity index (χ4v) is 3.15. The van der Waals surface area contributed by atoms with Crippen molar-refractivity contribution in [1.82, 2.24) is 5.32 Å². The molecule has 1 aliphatic heterocycles. The number of nitrogens with one attached hydrogen (secondary N) is 1. The zero-order valence-corrected chi connectivity index (χ0v) is 14.6. The quantitative estimate of drug-likeness (QED) is 0.881. The molecular formula is C21H24N2O2. The summed E-state index contributed by atoms with van der Waals surface area (Å²) in [6.07, 6.45) is 2.54. The number of nitrogens with zero attached hydrogens (tertiary/aromatic N) is 1. The van der Waals surface area contributed by atoms with Crippen LogP contribution in [-0.2, 0) is 22.4 Å². The predicted molar refractivity (Wildman–Crippen MR) is 99.6 cm³/mol. The van der Waals surface area contributed by atoms with E-state index in [-0.39, 0.29) is 11.8 Å². The highest BCUT2D eigenvalue weighted by atomic mass is 16.2. The topological polar surface area (TPSA) is 49.4 Å². The highest BCUT2D eigenvalue weighted by molar-refractivity contribution is 5.96. The average molecular weight is 336 g/mol. The van der Waals surface area contributed by atoms with E-state index in [0.717, 1.165) is 18.5 Å². The Labute approximate surface area is 148 Å². The minimum Gasteiger partial charge on any atom is -0.354 e. The molecule has 2 amide bonds. The fraction of sp³-hybridized carbons (Fsp3) is 0.333. The lowest BCUT2D eigenvalue weighted by Gasteiger charge is -2.29. The summed E-state index contributed by atoms with van der Waals surface area (Å²) in [5.74, 6) is 0.158. The largest absolute Gasteiger partial charge is 0.354 e. The van der Waals surface area contributed by atoms with E-state index in [1.165, 1.54) is 16.7 Å². The van der Waals surface area contributed by atoms with Crippen molar-refractivity contribution in [3.8, 4) is 0 Å². The Morgan fingerprint density at radius 2 is 1.84 bits per heavy atom. The Morgan fingerprint density at radius 1 is 1.08 bits per heavy atom. The van der Waals surface area contributed by atoms with Gasteiger partial charge in [0, 0.05) is 31.6 Å². The van der Waals surface area contributed by atoms with Gasteiger partial charge in [-0.05, 0) is 37.0 Å². The highest BCUT2D eigenvalue weighted by Crippen LogP contribution is 2.26. The van der Waals surface area contributed by atoms with Gasteiger partial charge in [0.1, 0.15) is 0 Å². The Balaban J connectivity index is 1.47. The van der Waals surface area contributed by atoms with Crippen LogP contribution in [0.5, 0.6) is 0 Å². The molecule has 3 rings (SSSR count). The maximum Gasteiger partial charge on any atom is 0.227 e. The van der Waals surface area contributed by atoms with Gasteiger partial charge >= 0.3 is 0 Å². The molecule has 0 saturated carbocycles. The van der Waals surface area contributed by atoms with Crippen molar-refractivity contribution in [1.29, 1.82) is 0 Å². The van der Waals surface area contributed by atoms with E-state index >= 15 is 0 Å². The van der Waals surface area contributed by atoms with Crippen molar-refractivity contribution in [2.45, 2.75) is 32.6 Å². The molecule has 0 aliphatic carbocycles. The van der Waals surface area contributed by atoms with Crippen LogP contribution >= 0.6 is 0 Å². The lowest BCUT2D eigenvalue weighted by Crippen LogP contribution is -2.41. The molecule has 2 aromatic rings. The first kappa shape index (κ1) is 17.2. The van der Waals surface area contributed by atoms with Crippen molar-refractivity contribution in [3.05, 3.63) is 65.2 Å². The summed E-state index contributed by atoms with van der Waals surface area (Å²) in [7, 11) is 0. The number of fused-ring (bicyclic) bond motifs is 1. The van der Waals surface area contributed by atoms with E-state index < -0.39 is 0 Å². The van der Waals surface area contributed by atoms with E-state index in [1.807, 2.05) is 18.2 Å². The second-order valence-corrected chi connectivity index (χ2v) is 6.51. The zero-order valence-electron chi connectivity index (χ0n) is 14.6. The molecule has 130 valence electrons. The van der Waals surface area contributed by atoms with Gasteiger partial charge in [-0.15, -0.1) is 0 Å². The van der Waals surface area contributed by atoms with Gasteiger partial charge in [-0.3, -0.25) is 9.59 Å². The van der Waals surface area contributed by atoms with E-state index in [1.54, 1.807) is 4.90 Å². The summed E-state index contributed by atoms with van der Waals surface area (Å²) in [6, 6.07) is 16.2. The number of rotatable bonds is 6. The molecule has 0 bridgehead atoms. The molecule has 1 heterocycles. The van der Waals surface area contributed by atoms with Gasteiger partial charge in [-0.2, -0.15) is 0 Å². The number of hydrogen-bond acceptors (Lipinski definition) is 2. The molecule has 25 heavy (non-hydrogen) atoms. The SMILES string of the molecule is Cc1ccc(CCC(=O)NCCN2C(=O)CCc3ccccc32)cc1. The van der Waals surface area contributed by atoms with Crippen LogP contribution < -0.4 is 10.2 Å². The van der Waals surface area contributed by atoms with Crippen LogP contribution in [0.4, 0.5) is 5.69 Å². The summed E-state index contributed by atoms with van der Waals surface area (Å²) in [5.41, 5.74) is 4.57. The summed E-state index contributed by atoms with van der Waals surface area (Å²) < 4.78 is 0. The first-order valence-corrected chi connectivity index (χ1v) is 8.84. The number of benzene rings is 2. The standard InChI is InChI=1S/C21H24N2O2/c1-16-6-8-17(9-7-16)10-12-20(24)22-14-15-23-19-5-3-2-4-18(19)11-13-21(23)25/h2-9H,10-15H2,1H3,(H,22,24). The van der Waals surface area contributed by atoms with Crippen LogP contribution in [0.2, 0.25) is 0 Å². The Kier molecular flexibility index (Phi) is 5.49. The Hall–Kier alpha value is -2.62. The molecule has 0 radical (unpaired) electrons. The maximum atomic E-state index is 12.2. The number of carbonyl (C=O) groups is 2. The van der Waals surface area contributed by atoms with Crippen molar-refractivity contribution in [2.24, 2.45) is 0 Å². The van der Waals surface area contributed by atoms with Crippen LogP contribution in [0.3, 0.4) is 0 Å². The van der Waals surface area contributed by atoms with Crippen LogP contribution in [0.15, 0.2) is 48.5 Å². The smallest absolute Gasteiger partial charge is 0.227 e. The second-order valence-electron chi connectivity index (χ2n) is 6.51. The number of anilines is 1. The molecule has 2 aromatic carbocycles. The Morgan fingerprint density at radius 3 is 2.64 bits per heavy atom. The lowest BCUT2D eigenvalue weighted by atomic mass is 10.0. The van der Waals surface area contributed by atoms with Gasteiger partial charge < -0.3 is 10.2 Å². The van der Waals surface area contributed by atoms with Gasteiger partial charge in [0.25, 0.3) is 0 Å². The van der Waals surface area contributed by atoms with E-state index in [4.69, 9.17) is 0 Å². The van der Waals surface area contributed by atoms with Crippen molar-refractivity contribution in [3.63, 3.8) is 0 Å². The maximum absolute atomic E-state index is 12.2. The minimum atomic E-state index is 0.0262. The molecule has 1 N–H and O–H groups in total. The van der Waals surface area contributed by atoms with E-state index in [2.05, 4.69) is 42.6 Å². The fourth-order valence-electron chi connectivity index (χ4n) is 3.15. The van der Waals surface area contributed by atoms with Crippen molar-refractivity contribution in [2.75, 3.05) is 18.0 Å². The number of amides is 2. The first-order valence-electron chi connectivity index (χ1n) is 8.84. The summed E-state index contributed by atoms with van der Waals surface area (Å²) in [4.78, 5) is 26.0. The monoisotopic (exact) mass is 336 g/mol. The number of carbonyl (C=O) groups excluding carboxylic acids is 2. The second kappa shape index (κ2) is 7.97. The van der Waals surface area contributed by atoms with Crippen molar-refractivity contribution < 1.29 is 9.59 Å². The first-order chi connectivity index (χ1) is 12.1. The highest BCUT2D eigenvalue weighted by Gasteiger charge is 2.23. The van der Waals surface area contributed by atoms with E-state index in [9.17, 15) is 9.59 Å². The molecular weight excluding hydrogens is 312 g/mol. The molecule has 0 fully saturated rings. The molecule has 0 unspecified atom stereocenters. The predicted octanol–water partition coefficient (Wildman–Crippen LogP) is 3.02. The molecule has 4 heteroatoms. The molecule has 4 nitrogen and oxygen atoms in total. The normalized spacial score (nSPS) is 13.5. The minimum absolute atomic E-state index is 0.0262. The van der Waals surface area contributed by atoms with Gasteiger partial charge in [0.2, 0.25) is 11.8 Å². The van der Waals surface area contributed by atoms with Crippen molar-refractivity contribution >= 4 is 17.5 Å². The Bertz CT molecular complexity index is 753. The third-order valence-electron chi connectivity index (χ3n) is 4.61. The third kappa shape index (κ3) is 4.47. The molecule has 0 saturated heterocycles. The third-order valence-corrected chi connectivity index (χ3v) is 4.61. The molecule has 0 spiro atoms. The summed E-state index contributed by atoms with van der Waals surface area (Å²) in [6.45, 7) is 3.05. The van der Waals surface area contributed by atoms with Gasteiger partial charge in [0.15, 0.2) is 0 Å². The molecule has 1 aliphatic rings. The van der Waals surface area contributed by atoms with Crippen LogP contribution in [0.25, 0.3) is 0 Å². The molecule has 0 atom stereocenters. The van der Waals surface area contributed by atoms with Crippen LogP contribution in [-0.4, -0.2) is 24.9 Å². The summed E-state index contributed by atoms with van der Waals surface area (Å²) >= 11 is 0. The lowest BCUT2D eigenvalue weighted by molar-refractivity contribution is -0.121. The van der Waals surface area contributed by atoms with Gasteiger partial charge in [-0.25, -0.2) is 0 Å². The zero-order chi connectivity index (χ0) is 17.6. The van der Waals surface area contributed by atoms with Crippen LogP contribution in [0, 0.1) is 6.92 Å². The van der Waals surface area contributed by atoms with Gasteiger partial charge in [-0.1, -0.05) is 48.0 Å². The molecule has 0 aromatic heterocycles. The summed E-state index contributed by atoms with van der Waals surface area (Å²) in [5, 5.41) is 2.93.